The fourth-order valence-electron chi connectivity index (χ4n) is 8.20. The Morgan fingerprint density at radius 3 is 1.50 bits per heavy atom. The highest BCUT2D eigenvalue weighted by Crippen LogP contribution is 2.58. The summed E-state index contributed by atoms with van der Waals surface area (Å²) in [4.78, 5) is 0. The van der Waals surface area contributed by atoms with Crippen molar-refractivity contribution in [3.05, 3.63) is 181 Å². The van der Waals surface area contributed by atoms with E-state index in [1.807, 2.05) is 18.2 Å². The predicted molar refractivity (Wildman–Crippen MR) is 210 cm³/mol. The zero-order valence-electron chi connectivity index (χ0n) is 27.2. The van der Waals surface area contributed by atoms with Crippen LogP contribution in [0.3, 0.4) is 0 Å². The van der Waals surface area contributed by atoms with Gasteiger partial charge in [0.15, 0.2) is 0 Å². The first-order valence-electron chi connectivity index (χ1n) is 17.1. The van der Waals surface area contributed by atoms with Gasteiger partial charge in [-0.2, -0.15) is 5.26 Å². The molecule has 0 N–H and O–H groups in total. The van der Waals surface area contributed by atoms with Crippen molar-refractivity contribution in [1.29, 1.82) is 5.26 Å². The molecule has 0 spiro atoms. The molecule has 0 saturated carbocycles. The quantitative estimate of drug-likeness (QED) is 0.190. The van der Waals surface area contributed by atoms with E-state index in [0.29, 0.717) is 5.56 Å². The van der Waals surface area contributed by atoms with Crippen molar-refractivity contribution < 1.29 is 0 Å². The Morgan fingerprint density at radius 1 is 0.320 bits per heavy atom. The molecule has 0 fully saturated rings. The van der Waals surface area contributed by atoms with Gasteiger partial charge in [-0.25, -0.2) is 0 Å². The van der Waals surface area contributed by atoms with Gasteiger partial charge in [0.1, 0.15) is 0 Å². The van der Waals surface area contributed by atoms with E-state index in [4.69, 9.17) is 0 Å². The van der Waals surface area contributed by atoms with Crippen LogP contribution in [0.4, 0.5) is 0 Å². The average Bonchev–Trinajstić information content (AvgIpc) is 3.52. The first kappa shape index (κ1) is 28.3. The third-order valence-electron chi connectivity index (χ3n) is 10.4. The summed E-state index contributed by atoms with van der Waals surface area (Å²) in [7, 11) is 0. The minimum atomic E-state index is 0.684. The molecule has 0 atom stereocenters. The molecule has 10 rings (SSSR count). The van der Waals surface area contributed by atoms with Crippen LogP contribution in [0.2, 0.25) is 0 Å². The molecule has 9 aromatic rings. The normalized spacial score (nSPS) is 11.6. The van der Waals surface area contributed by atoms with Crippen molar-refractivity contribution in [2.75, 3.05) is 0 Å². The molecule has 9 aromatic carbocycles. The Hall–Kier alpha value is -6.75. The fourth-order valence-corrected chi connectivity index (χ4v) is 8.20. The van der Waals surface area contributed by atoms with E-state index < -0.39 is 0 Å². The third kappa shape index (κ3) is 4.26. The average molecular weight is 632 g/mol. The topological polar surface area (TPSA) is 23.8 Å². The maximum Gasteiger partial charge on any atom is 0.0991 e. The first-order chi connectivity index (χ1) is 24.8. The molecule has 0 bridgehead atoms. The molecule has 1 heteroatoms. The summed E-state index contributed by atoms with van der Waals surface area (Å²) in [6.07, 6.45) is 0. The molecule has 0 saturated heterocycles. The van der Waals surface area contributed by atoms with E-state index in [2.05, 4.69) is 164 Å². The fraction of sp³-hybridized carbons (Fsp3) is 0. The highest BCUT2D eigenvalue weighted by molar-refractivity contribution is 6.28. The van der Waals surface area contributed by atoms with Crippen LogP contribution in [-0.4, -0.2) is 0 Å². The lowest BCUT2D eigenvalue weighted by molar-refractivity contribution is 1.50. The number of nitriles is 1. The van der Waals surface area contributed by atoms with Crippen LogP contribution < -0.4 is 0 Å². The minimum absolute atomic E-state index is 0.684. The number of hydrogen-bond donors (Lipinski definition) is 0. The van der Waals surface area contributed by atoms with Crippen molar-refractivity contribution in [2.24, 2.45) is 0 Å². The summed E-state index contributed by atoms with van der Waals surface area (Å²) < 4.78 is 0. The van der Waals surface area contributed by atoms with E-state index in [0.717, 1.165) is 10.8 Å². The first-order valence-corrected chi connectivity index (χ1v) is 17.1. The van der Waals surface area contributed by atoms with Gasteiger partial charge in [0.2, 0.25) is 0 Å². The van der Waals surface area contributed by atoms with E-state index in [1.54, 1.807) is 0 Å². The summed E-state index contributed by atoms with van der Waals surface area (Å²) in [5.74, 6) is 0. The largest absolute Gasteiger partial charge is 0.192 e. The van der Waals surface area contributed by atoms with E-state index >= 15 is 0 Å². The van der Waals surface area contributed by atoms with Crippen molar-refractivity contribution in [2.45, 2.75) is 0 Å². The summed E-state index contributed by atoms with van der Waals surface area (Å²) in [6.45, 7) is 0. The van der Waals surface area contributed by atoms with Gasteiger partial charge in [0.05, 0.1) is 11.6 Å². The highest BCUT2D eigenvalue weighted by atomic mass is 14.3. The minimum Gasteiger partial charge on any atom is -0.192 e. The molecule has 0 aliphatic heterocycles. The van der Waals surface area contributed by atoms with Crippen molar-refractivity contribution in [3.8, 4) is 72.8 Å². The van der Waals surface area contributed by atoms with Gasteiger partial charge in [0, 0.05) is 0 Å². The zero-order chi connectivity index (χ0) is 33.2. The number of hydrogen-bond acceptors (Lipinski definition) is 1. The summed E-state index contributed by atoms with van der Waals surface area (Å²) in [6, 6.07) is 65.8. The molecular formula is C49H29N. The number of nitrogens with zero attached hydrogens (tertiary/aromatic N) is 1. The van der Waals surface area contributed by atoms with Crippen LogP contribution >= 0.6 is 0 Å². The van der Waals surface area contributed by atoms with E-state index in [1.165, 1.54) is 88.3 Å². The highest BCUT2D eigenvalue weighted by Gasteiger charge is 2.31. The molecule has 0 radical (unpaired) electrons. The Morgan fingerprint density at radius 2 is 0.840 bits per heavy atom. The smallest absolute Gasteiger partial charge is 0.0991 e. The number of rotatable bonds is 4. The number of fused-ring (bicyclic) bond motifs is 5. The van der Waals surface area contributed by atoms with Crippen molar-refractivity contribution in [1.82, 2.24) is 0 Å². The Bertz CT molecular complexity index is 2750. The van der Waals surface area contributed by atoms with Crippen LogP contribution in [0.1, 0.15) is 5.56 Å². The van der Waals surface area contributed by atoms with Crippen LogP contribution in [0.25, 0.3) is 99.1 Å². The second-order valence-electron chi connectivity index (χ2n) is 13.1. The third-order valence-corrected chi connectivity index (χ3v) is 10.4. The molecule has 1 aliphatic rings. The molecule has 1 aliphatic carbocycles. The van der Waals surface area contributed by atoms with Crippen LogP contribution in [-0.2, 0) is 0 Å². The van der Waals surface area contributed by atoms with E-state index in [-0.39, 0.29) is 0 Å². The predicted octanol–water partition coefficient (Wildman–Crippen LogP) is 13.3. The molecule has 0 amide bonds. The molecule has 0 heterocycles. The molecule has 50 heavy (non-hydrogen) atoms. The lowest BCUT2D eigenvalue weighted by Gasteiger charge is -2.20. The molecule has 230 valence electrons. The molecule has 0 aromatic heterocycles. The summed E-state index contributed by atoms with van der Waals surface area (Å²) in [5.41, 5.74) is 15.7. The van der Waals surface area contributed by atoms with Gasteiger partial charge >= 0.3 is 0 Å². The van der Waals surface area contributed by atoms with Gasteiger partial charge in [-0.05, 0) is 117 Å². The Labute approximate surface area is 291 Å². The molecule has 0 unspecified atom stereocenters. The van der Waals surface area contributed by atoms with Crippen LogP contribution in [0, 0.1) is 11.3 Å². The monoisotopic (exact) mass is 631 g/mol. The Balaban J connectivity index is 1.18. The zero-order valence-corrected chi connectivity index (χ0v) is 27.2. The second kappa shape index (κ2) is 11.2. The Kier molecular flexibility index (Phi) is 6.31. The molecule has 1 nitrogen and oxygen atoms in total. The van der Waals surface area contributed by atoms with Crippen molar-refractivity contribution in [3.63, 3.8) is 0 Å². The van der Waals surface area contributed by atoms with Crippen LogP contribution in [0.15, 0.2) is 176 Å². The lowest BCUT2D eigenvalue weighted by Crippen LogP contribution is -1.93. The van der Waals surface area contributed by atoms with Gasteiger partial charge < -0.3 is 0 Å². The van der Waals surface area contributed by atoms with Gasteiger partial charge in [-0.15, -0.1) is 0 Å². The summed E-state index contributed by atoms with van der Waals surface area (Å²) >= 11 is 0. The maximum absolute atomic E-state index is 9.30. The lowest BCUT2D eigenvalue weighted by atomic mass is 9.82. The number of benzene rings is 9. The van der Waals surface area contributed by atoms with Crippen LogP contribution in [0.5, 0.6) is 0 Å². The summed E-state index contributed by atoms with van der Waals surface area (Å²) in [5, 5.41) is 16.7. The second-order valence-corrected chi connectivity index (χ2v) is 13.1. The van der Waals surface area contributed by atoms with Crippen molar-refractivity contribution >= 4 is 32.3 Å². The van der Waals surface area contributed by atoms with Gasteiger partial charge in [-0.1, -0.05) is 158 Å². The van der Waals surface area contributed by atoms with Gasteiger partial charge in [-0.3, -0.25) is 0 Å². The SMILES string of the molecule is N#Cc1ccc2cc(-c3ccc(-c4ccc5c6c(cccc46)-c4c-5c(-c5ccccc5)c5ccccc5c4-c4ccccc4)cc3)ccc2c1. The van der Waals surface area contributed by atoms with E-state index in [9.17, 15) is 5.26 Å². The standard InChI is InChI=1S/C49H29N/c50-30-31-18-19-38-29-37(25-24-36(38)28-31)32-20-22-33(23-21-32)39-26-27-44-47-40(39)16-9-17-43(47)48-45(34-10-3-1-4-11-34)41-14-7-8-15-42(41)46(49(44)48)35-12-5-2-6-13-35/h1-29H. The van der Waals surface area contributed by atoms with Gasteiger partial charge in [0.25, 0.3) is 0 Å². The maximum atomic E-state index is 9.30. The molecular weight excluding hydrogens is 603 g/mol.